The smallest absolute Gasteiger partial charge is 0.0221 e. The molecule has 0 amide bonds. The van der Waals surface area contributed by atoms with Crippen molar-refractivity contribution < 1.29 is 0 Å². The fourth-order valence-electron chi connectivity index (χ4n) is 3.99. The lowest BCUT2D eigenvalue weighted by molar-refractivity contribution is 0.0171. The van der Waals surface area contributed by atoms with Crippen LogP contribution in [0.15, 0.2) is 0 Å². The van der Waals surface area contributed by atoms with Gasteiger partial charge in [0.05, 0.1) is 0 Å². The Kier molecular flexibility index (Phi) is 4.26. The quantitative estimate of drug-likeness (QED) is 0.781. The molecule has 94 valence electrons. The summed E-state index contributed by atoms with van der Waals surface area (Å²) in [7, 11) is 0. The first-order valence-electron chi connectivity index (χ1n) is 7.20. The Hall–Kier alpha value is -0.0800. The van der Waals surface area contributed by atoms with Crippen molar-refractivity contribution in [2.45, 2.75) is 64.5 Å². The van der Waals surface area contributed by atoms with E-state index in [1.807, 2.05) is 0 Å². The minimum absolute atomic E-state index is 0.668. The molecular formula is C14H28N2. The molecule has 0 radical (unpaired) electrons. The molecule has 2 aliphatic rings. The summed E-state index contributed by atoms with van der Waals surface area (Å²) in [5.74, 6) is 1.74. The molecule has 1 saturated carbocycles. The summed E-state index contributed by atoms with van der Waals surface area (Å²) in [6.07, 6.45) is 8.36. The molecule has 3 atom stereocenters. The van der Waals surface area contributed by atoms with Gasteiger partial charge in [-0.15, -0.1) is 0 Å². The van der Waals surface area contributed by atoms with Gasteiger partial charge in [0.2, 0.25) is 0 Å². The van der Waals surface area contributed by atoms with Crippen LogP contribution >= 0.6 is 0 Å². The number of nitrogens with zero attached hydrogens (tertiary/aromatic N) is 1. The molecule has 1 saturated heterocycles. The van der Waals surface area contributed by atoms with E-state index in [-0.39, 0.29) is 0 Å². The van der Waals surface area contributed by atoms with Crippen LogP contribution in [-0.2, 0) is 0 Å². The molecule has 1 heterocycles. The zero-order valence-electron chi connectivity index (χ0n) is 11.0. The highest BCUT2D eigenvalue weighted by Crippen LogP contribution is 2.35. The topological polar surface area (TPSA) is 29.3 Å². The third-order valence-electron chi connectivity index (χ3n) is 4.81. The highest BCUT2D eigenvalue weighted by molar-refractivity contribution is 4.91. The first-order valence-corrected chi connectivity index (χ1v) is 7.20. The number of rotatable bonds is 2. The zero-order chi connectivity index (χ0) is 11.5. The fraction of sp³-hybridized carbons (Fsp3) is 1.00. The van der Waals surface area contributed by atoms with Crippen molar-refractivity contribution in [2.24, 2.45) is 17.6 Å². The monoisotopic (exact) mass is 224 g/mol. The highest BCUT2D eigenvalue weighted by Gasteiger charge is 2.36. The summed E-state index contributed by atoms with van der Waals surface area (Å²) in [6, 6.07) is 1.48. The van der Waals surface area contributed by atoms with Gasteiger partial charge in [0.25, 0.3) is 0 Å². The van der Waals surface area contributed by atoms with Crippen molar-refractivity contribution in [2.75, 3.05) is 13.1 Å². The van der Waals surface area contributed by atoms with E-state index in [1.54, 1.807) is 0 Å². The second-order valence-electron chi connectivity index (χ2n) is 6.00. The lowest BCUT2D eigenvalue weighted by atomic mass is 9.76. The number of hydrogen-bond donors (Lipinski definition) is 1. The molecule has 3 unspecified atom stereocenters. The summed E-state index contributed by atoms with van der Waals surface area (Å²) in [6.45, 7) is 7.04. The van der Waals surface area contributed by atoms with Crippen LogP contribution in [-0.4, -0.2) is 30.1 Å². The summed E-state index contributed by atoms with van der Waals surface area (Å²) < 4.78 is 0. The molecule has 0 bridgehead atoms. The minimum Gasteiger partial charge on any atom is -0.329 e. The third kappa shape index (κ3) is 2.43. The van der Waals surface area contributed by atoms with E-state index in [0.717, 1.165) is 24.4 Å². The van der Waals surface area contributed by atoms with Crippen molar-refractivity contribution in [3.8, 4) is 0 Å². The first kappa shape index (κ1) is 12.4. The molecule has 0 spiro atoms. The van der Waals surface area contributed by atoms with Crippen LogP contribution in [0.3, 0.4) is 0 Å². The normalized spacial score (nSPS) is 42.2. The van der Waals surface area contributed by atoms with E-state index in [1.165, 1.54) is 45.1 Å². The molecule has 1 aliphatic heterocycles. The Morgan fingerprint density at radius 1 is 1.00 bits per heavy atom. The Bertz CT molecular complexity index is 207. The van der Waals surface area contributed by atoms with E-state index in [0.29, 0.717) is 6.04 Å². The number of nitrogens with two attached hydrogens (primary N) is 1. The second kappa shape index (κ2) is 5.50. The maximum Gasteiger partial charge on any atom is 0.0221 e. The SMILES string of the molecule is CC1CCCC(C)C1N1CCCCC1CN. The molecule has 2 fully saturated rings. The lowest BCUT2D eigenvalue weighted by Gasteiger charge is -2.48. The molecule has 2 heteroatoms. The lowest BCUT2D eigenvalue weighted by Crippen LogP contribution is -2.55. The van der Waals surface area contributed by atoms with Crippen LogP contribution in [0.2, 0.25) is 0 Å². The van der Waals surface area contributed by atoms with Crippen molar-refractivity contribution in [3.63, 3.8) is 0 Å². The van der Waals surface area contributed by atoms with Gasteiger partial charge >= 0.3 is 0 Å². The summed E-state index contributed by atoms with van der Waals surface area (Å²) in [5.41, 5.74) is 5.95. The van der Waals surface area contributed by atoms with Crippen LogP contribution in [0.4, 0.5) is 0 Å². The fourth-order valence-corrected chi connectivity index (χ4v) is 3.99. The van der Waals surface area contributed by atoms with Crippen LogP contribution < -0.4 is 5.73 Å². The number of hydrogen-bond acceptors (Lipinski definition) is 2. The van der Waals surface area contributed by atoms with Gasteiger partial charge in [0, 0.05) is 18.6 Å². The average Bonchev–Trinajstić information content (AvgIpc) is 2.29. The van der Waals surface area contributed by atoms with Crippen molar-refractivity contribution >= 4 is 0 Å². The van der Waals surface area contributed by atoms with Gasteiger partial charge in [-0.25, -0.2) is 0 Å². The zero-order valence-corrected chi connectivity index (χ0v) is 11.0. The molecule has 2 rings (SSSR count). The molecular weight excluding hydrogens is 196 g/mol. The van der Waals surface area contributed by atoms with Gasteiger partial charge in [-0.1, -0.05) is 26.7 Å². The Morgan fingerprint density at radius 3 is 2.31 bits per heavy atom. The molecule has 2 N–H and O–H groups in total. The standard InChI is InChI=1S/C14H28N2/c1-11-6-5-7-12(2)14(11)16-9-4-3-8-13(16)10-15/h11-14H,3-10,15H2,1-2H3. The second-order valence-corrected chi connectivity index (χ2v) is 6.00. The van der Waals surface area contributed by atoms with Crippen molar-refractivity contribution in [1.29, 1.82) is 0 Å². The summed E-state index contributed by atoms with van der Waals surface area (Å²) in [5, 5.41) is 0. The largest absolute Gasteiger partial charge is 0.329 e. The maximum absolute atomic E-state index is 5.95. The minimum atomic E-state index is 0.668. The van der Waals surface area contributed by atoms with Gasteiger partial charge in [0.1, 0.15) is 0 Å². The van der Waals surface area contributed by atoms with Crippen LogP contribution in [0.25, 0.3) is 0 Å². The molecule has 1 aliphatic carbocycles. The van der Waals surface area contributed by atoms with Gasteiger partial charge in [-0.05, 0) is 44.1 Å². The van der Waals surface area contributed by atoms with E-state index in [2.05, 4.69) is 18.7 Å². The first-order chi connectivity index (χ1) is 7.74. The maximum atomic E-state index is 5.95. The molecule has 0 aromatic rings. The molecule has 0 aromatic heterocycles. The van der Waals surface area contributed by atoms with Gasteiger partial charge < -0.3 is 5.73 Å². The number of piperidine rings is 1. The van der Waals surface area contributed by atoms with Gasteiger partial charge in [0.15, 0.2) is 0 Å². The van der Waals surface area contributed by atoms with Crippen LogP contribution in [0, 0.1) is 11.8 Å². The van der Waals surface area contributed by atoms with E-state index in [9.17, 15) is 0 Å². The molecule has 16 heavy (non-hydrogen) atoms. The highest BCUT2D eigenvalue weighted by atomic mass is 15.2. The van der Waals surface area contributed by atoms with Crippen molar-refractivity contribution in [1.82, 2.24) is 4.90 Å². The van der Waals surface area contributed by atoms with Gasteiger partial charge in [-0.2, -0.15) is 0 Å². The number of likely N-dealkylation sites (tertiary alicyclic amines) is 1. The van der Waals surface area contributed by atoms with Crippen LogP contribution in [0.5, 0.6) is 0 Å². The Labute approximate surface area is 101 Å². The third-order valence-corrected chi connectivity index (χ3v) is 4.81. The van der Waals surface area contributed by atoms with Crippen LogP contribution in [0.1, 0.15) is 52.4 Å². The van der Waals surface area contributed by atoms with Crippen molar-refractivity contribution in [3.05, 3.63) is 0 Å². The van der Waals surface area contributed by atoms with E-state index < -0.39 is 0 Å². The predicted octanol–water partition coefficient (Wildman–Crippen LogP) is 2.62. The molecule has 2 nitrogen and oxygen atoms in total. The van der Waals surface area contributed by atoms with E-state index in [4.69, 9.17) is 5.73 Å². The van der Waals surface area contributed by atoms with Gasteiger partial charge in [-0.3, -0.25) is 4.90 Å². The Balaban J connectivity index is 2.07. The predicted molar refractivity (Wildman–Crippen MR) is 69.4 cm³/mol. The van der Waals surface area contributed by atoms with E-state index >= 15 is 0 Å². The average molecular weight is 224 g/mol. The summed E-state index contributed by atoms with van der Waals surface area (Å²) in [4.78, 5) is 2.76. The summed E-state index contributed by atoms with van der Waals surface area (Å²) >= 11 is 0. The Morgan fingerprint density at radius 2 is 1.69 bits per heavy atom. The molecule has 0 aromatic carbocycles.